The normalized spacial score (nSPS) is 16.5. The van der Waals surface area contributed by atoms with E-state index in [2.05, 4.69) is 24.3 Å². The second-order valence-electron chi connectivity index (χ2n) is 6.79. The molecule has 1 atom stereocenters. The van der Waals surface area contributed by atoms with Crippen molar-refractivity contribution >= 4 is 11.5 Å². The van der Waals surface area contributed by atoms with Crippen LogP contribution in [0.5, 0.6) is 0 Å². The lowest BCUT2D eigenvalue weighted by atomic mass is 9.92. The summed E-state index contributed by atoms with van der Waals surface area (Å²) in [6, 6.07) is 29.9. The Hall–Kier alpha value is -3.37. The molecule has 0 fully saturated rings. The fraction of sp³-hybridized carbons (Fsp3) is 0.160. The van der Waals surface area contributed by atoms with Crippen molar-refractivity contribution in [1.82, 2.24) is 5.06 Å². The van der Waals surface area contributed by atoms with Gasteiger partial charge in [0.15, 0.2) is 0 Å². The van der Waals surface area contributed by atoms with Crippen LogP contribution in [0.4, 0.5) is 0 Å². The van der Waals surface area contributed by atoms with E-state index in [0.717, 1.165) is 22.3 Å². The van der Waals surface area contributed by atoms with Gasteiger partial charge in [0.05, 0.1) is 13.2 Å². The van der Waals surface area contributed by atoms with Crippen molar-refractivity contribution in [2.45, 2.75) is 19.5 Å². The van der Waals surface area contributed by atoms with E-state index in [1.807, 2.05) is 71.8 Å². The lowest BCUT2D eigenvalue weighted by Crippen LogP contribution is -2.24. The van der Waals surface area contributed by atoms with E-state index < -0.39 is 5.97 Å². The van der Waals surface area contributed by atoms with Crippen molar-refractivity contribution in [2.24, 2.45) is 0 Å². The maximum atomic E-state index is 12.8. The average Bonchev–Trinajstić information content (AvgIpc) is 3.15. The zero-order valence-corrected chi connectivity index (χ0v) is 16.3. The fourth-order valence-electron chi connectivity index (χ4n) is 3.59. The Morgan fingerprint density at radius 2 is 1.48 bits per heavy atom. The van der Waals surface area contributed by atoms with E-state index in [1.54, 1.807) is 6.92 Å². The van der Waals surface area contributed by atoms with Crippen LogP contribution in [-0.4, -0.2) is 17.6 Å². The molecular weight excluding hydrogens is 362 g/mol. The predicted octanol–water partition coefficient (Wildman–Crippen LogP) is 5.15. The molecule has 0 N–H and O–H groups in total. The minimum absolute atomic E-state index is 0.224. The van der Waals surface area contributed by atoms with Crippen molar-refractivity contribution in [3.05, 3.63) is 113 Å². The largest absolute Gasteiger partial charge is 0.460 e. The summed E-state index contributed by atoms with van der Waals surface area (Å²) in [5.41, 5.74) is 3.93. The lowest BCUT2D eigenvalue weighted by Gasteiger charge is -2.25. The van der Waals surface area contributed by atoms with E-state index in [4.69, 9.17) is 9.57 Å². The van der Waals surface area contributed by atoms with E-state index in [9.17, 15) is 4.79 Å². The molecule has 0 aliphatic carbocycles. The molecule has 4 nitrogen and oxygen atoms in total. The minimum atomic E-state index is -0.442. The van der Waals surface area contributed by atoms with E-state index in [0.29, 0.717) is 13.2 Å². The molecule has 0 saturated carbocycles. The number of esters is 1. The highest BCUT2D eigenvalue weighted by atomic mass is 16.7. The molecule has 0 aromatic heterocycles. The summed E-state index contributed by atoms with van der Waals surface area (Å²) in [6.07, 6.45) is 0. The van der Waals surface area contributed by atoms with Crippen LogP contribution < -0.4 is 0 Å². The summed E-state index contributed by atoms with van der Waals surface area (Å²) in [5, 5.41) is 1.86. The molecule has 3 aromatic rings. The third-order valence-electron chi connectivity index (χ3n) is 4.86. The van der Waals surface area contributed by atoms with E-state index in [1.165, 1.54) is 0 Å². The molecule has 1 unspecified atom stereocenters. The van der Waals surface area contributed by atoms with Crippen molar-refractivity contribution in [2.75, 3.05) is 6.61 Å². The Morgan fingerprint density at radius 1 is 0.897 bits per heavy atom. The van der Waals surface area contributed by atoms with Gasteiger partial charge in [-0.1, -0.05) is 91.0 Å². The highest BCUT2D eigenvalue weighted by molar-refractivity contribution is 5.97. The van der Waals surface area contributed by atoms with Crippen molar-refractivity contribution in [3.8, 4) is 0 Å². The van der Waals surface area contributed by atoms with Crippen molar-refractivity contribution < 1.29 is 14.4 Å². The first-order chi connectivity index (χ1) is 14.3. The summed E-state index contributed by atoms with van der Waals surface area (Å²) in [4.78, 5) is 18.9. The second-order valence-corrected chi connectivity index (χ2v) is 6.79. The summed E-state index contributed by atoms with van der Waals surface area (Å²) < 4.78 is 5.31. The number of rotatable bonds is 6. The number of carbonyl (C=O) groups excluding carboxylic acids is 1. The number of nitrogens with zero attached hydrogens (tertiary/aromatic N) is 1. The molecule has 146 valence electrons. The Bertz CT molecular complexity index is 984. The third kappa shape index (κ3) is 4.08. The Balaban J connectivity index is 1.82. The molecule has 0 spiro atoms. The van der Waals surface area contributed by atoms with Crippen LogP contribution in [0.15, 0.2) is 96.8 Å². The monoisotopic (exact) mass is 385 g/mol. The smallest absolute Gasteiger partial charge is 0.376 e. The highest BCUT2D eigenvalue weighted by Crippen LogP contribution is 2.44. The van der Waals surface area contributed by atoms with Gasteiger partial charge in [-0.05, 0) is 23.6 Å². The lowest BCUT2D eigenvalue weighted by molar-refractivity contribution is -0.162. The van der Waals surface area contributed by atoms with Gasteiger partial charge in [-0.15, -0.1) is 5.06 Å². The molecule has 0 radical (unpaired) electrons. The van der Waals surface area contributed by atoms with Crippen LogP contribution in [0.25, 0.3) is 5.57 Å². The van der Waals surface area contributed by atoms with Gasteiger partial charge < -0.3 is 9.57 Å². The molecule has 0 saturated heterocycles. The number of hydroxylamine groups is 2. The summed E-state index contributed by atoms with van der Waals surface area (Å²) in [7, 11) is 0. The standard InChI is InChI=1S/C25H23NO3/c1-2-28-25(27)24-22(20-14-8-4-9-15-20)23(21-16-10-5-11-17-21)26(29-24)18-19-12-6-3-7-13-19/h3-17,23H,2,18H2,1H3. The predicted molar refractivity (Wildman–Crippen MR) is 112 cm³/mol. The second kappa shape index (κ2) is 8.76. The highest BCUT2D eigenvalue weighted by Gasteiger charge is 2.40. The van der Waals surface area contributed by atoms with Crippen LogP contribution in [0.2, 0.25) is 0 Å². The van der Waals surface area contributed by atoms with Gasteiger partial charge in [0.2, 0.25) is 5.76 Å². The number of hydrogen-bond donors (Lipinski definition) is 0. The molecule has 4 heteroatoms. The van der Waals surface area contributed by atoms with Gasteiger partial charge in [0.25, 0.3) is 0 Å². The molecule has 3 aromatic carbocycles. The van der Waals surface area contributed by atoms with Crippen molar-refractivity contribution in [3.63, 3.8) is 0 Å². The number of hydrogen-bond acceptors (Lipinski definition) is 4. The average molecular weight is 385 g/mol. The third-order valence-corrected chi connectivity index (χ3v) is 4.86. The summed E-state index contributed by atoms with van der Waals surface area (Å²) in [5.74, 6) is -0.189. The van der Waals surface area contributed by atoms with Gasteiger partial charge in [0.1, 0.15) is 6.04 Å². The van der Waals surface area contributed by atoms with Crippen LogP contribution >= 0.6 is 0 Å². The molecular formula is C25H23NO3. The van der Waals surface area contributed by atoms with E-state index >= 15 is 0 Å². The molecule has 4 rings (SSSR count). The topological polar surface area (TPSA) is 38.8 Å². The number of ether oxygens (including phenoxy) is 1. The first-order valence-corrected chi connectivity index (χ1v) is 9.78. The van der Waals surface area contributed by atoms with Crippen molar-refractivity contribution in [1.29, 1.82) is 0 Å². The quantitative estimate of drug-likeness (QED) is 0.550. The van der Waals surface area contributed by atoms with Gasteiger partial charge in [0, 0.05) is 5.57 Å². The number of benzene rings is 3. The Morgan fingerprint density at radius 3 is 2.10 bits per heavy atom. The zero-order chi connectivity index (χ0) is 20.1. The van der Waals surface area contributed by atoms with Crippen LogP contribution in [-0.2, 0) is 20.9 Å². The van der Waals surface area contributed by atoms with Gasteiger partial charge in [-0.25, -0.2) is 4.79 Å². The molecule has 29 heavy (non-hydrogen) atoms. The van der Waals surface area contributed by atoms with Gasteiger partial charge in [-0.3, -0.25) is 0 Å². The molecule has 1 aliphatic heterocycles. The zero-order valence-electron chi connectivity index (χ0n) is 16.3. The van der Waals surface area contributed by atoms with E-state index in [-0.39, 0.29) is 11.8 Å². The summed E-state index contributed by atoms with van der Waals surface area (Å²) >= 11 is 0. The first kappa shape index (κ1) is 19.0. The molecule has 1 heterocycles. The number of carbonyl (C=O) groups is 1. The minimum Gasteiger partial charge on any atom is -0.460 e. The fourth-order valence-corrected chi connectivity index (χ4v) is 3.59. The molecule has 0 bridgehead atoms. The first-order valence-electron chi connectivity index (χ1n) is 9.78. The van der Waals surface area contributed by atoms with Gasteiger partial charge in [-0.2, -0.15) is 0 Å². The maximum Gasteiger partial charge on any atom is 0.376 e. The van der Waals surface area contributed by atoms with Crippen LogP contribution in [0, 0.1) is 0 Å². The molecule has 0 amide bonds. The van der Waals surface area contributed by atoms with Crippen LogP contribution in [0.1, 0.15) is 29.7 Å². The van der Waals surface area contributed by atoms with Crippen LogP contribution in [0.3, 0.4) is 0 Å². The summed E-state index contributed by atoms with van der Waals surface area (Å²) in [6.45, 7) is 2.63. The maximum absolute atomic E-state index is 12.8. The Labute approximate surface area is 171 Å². The Kier molecular flexibility index (Phi) is 5.73. The van der Waals surface area contributed by atoms with Gasteiger partial charge >= 0.3 is 5.97 Å². The SMILES string of the molecule is CCOC(=O)C1=C(c2ccccc2)C(c2ccccc2)N(Cc2ccccc2)O1. The molecule has 1 aliphatic rings.